The van der Waals surface area contributed by atoms with Crippen LogP contribution >= 0.6 is 0 Å². The molecule has 0 aliphatic carbocycles. The first-order valence-electron chi connectivity index (χ1n) is 6.57. The second-order valence-electron chi connectivity index (χ2n) is 4.94. The molecule has 0 saturated heterocycles. The molecule has 0 saturated carbocycles. The minimum atomic E-state index is -0.966. The summed E-state index contributed by atoms with van der Waals surface area (Å²) in [6, 6.07) is 9.18. The third-order valence-corrected chi connectivity index (χ3v) is 3.09. The summed E-state index contributed by atoms with van der Waals surface area (Å²) in [4.78, 5) is 22.7. The largest absolute Gasteiger partial charge is 0.483 e. The Bertz CT molecular complexity index is 718. The van der Waals surface area contributed by atoms with Gasteiger partial charge in [-0.3, -0.25) is 9.59 Å². The molecule has 0 spiro atoms. The quantitative estimate of drug-likeness (QED) is 0.914. The van der Waals surface area contributed by atoms with Gasteiger partial charge in [0.05, 0.1) is 6.20 Å². The summed E-state index contributed by atoms with van der Waals surface area (Å²) in [6.07, 6.45) is 1.45. The van der Waals surface area contributed by atoms with Crippen molar-refractivity contribution in [3.8, 4) is 5.75 Å². The molecule has 0 bridgehead atoms. The molecule has 0 fully saturated rings. The van der Waals surface area contributed by atoms with Crippen molar-refractivity contribution in [2.24, 2.45) is 0 Å². The van der Waals surface area contributed by atoms with Crippen LogP contribution in [0.15, 0.2) is 41.3 Å². The van der Waals surface area contributed by atoms with E-state index < -0.39 is 5.97 Å². The number of ether oxygens (including phenoxy) is 1. The van der Waals surface area contributed by atoms with Crippen LogP contribution in [0.25, 0.3) is 0 Å². The van der Waals surface area contributed by atoms with E-state index in [1.165, 1.54) is 16.8 Å². The summed E-state index contributed by atoms with van der Waals surface area (Å²) in [6.45, 7) is 3.74. The number of hydrogen-bond donors (Lipinski definition) is 1. The van der Waals surface area contributed by atoms with Crippen LogP contribution in [0.4, 0.5) is 0 Å². The van der Waals surface area contributed by atoms with Crippen LogP contribution < -0.4 is 10.2 Å². The van der Waals surface area contributed by atoms with Crippen LogP contribution in [0.1, 0.15) is 16.8 Å². The van der Waals surface area contributed by atoms with E-state index in [4.69, 9.17) is 9.84 Å². The monoisotopic (exact) mass is 287 g/mol. The Kier molecular flexibility index (Phi) is 4.42. The maximum absolute atomic E-state index is 11.9. The number of nitrogens with zero attached hydrogens (tertiary/aromatic N) is 1. The van der Waals surface area contributed by atoms with Gasteiger partial charge in [-0.15, -0.1) is 0 Å². The molecule has 5 nitrogen and oxygen atoms in total. The SMILES string of the molecule is Cc1cccc(COc2cn(CC(=O)O)c(C)cc2=O)c1. The van der Waals surface area contributed by atoms with Gasteiger partial charge in [-0.05, 0) is 19.4 Å². The molecule has 1 heterocycles. The second-order valence-corrected chi connectivity index (χ2v) is 4.94. The predicted molar refractivity (Wildman–Crippen MR) is 78.6 cm³/mol. The zero-order valence-corrected chi connectivity index (χ0v) is 12.0. The van der Waals surface area contributed by atoms with Crippen molar-refractivity contribution in [3.05, 3.63) is 63.6 Å². The molecule has 2 aromatic rings. The summed E-state index contributed by atoms with van der Waals surface area (Å²) >= 11 is 0. The normalized spacial score (nSPS) is 10.4. The second kappa shape index (κ2) is 6.26. The van der Waals surface area contributed by atoms with Gasteiger partial charge in [0.2, 0.25) is 5.43 Å². The van der Waals surface area contributed by atoms with Crippen molar-refractivity contribution in [2.45, 2.75) is 27.0 Å². The molecule has 21 heavy (non-hydrogen) atoms. The Morgan fingerprint density at radius 3 is 2.71 bits per heavy atom. The van der Waals surface area contributed by atoms with Gasteiger partial charge in [-0.25, -0.2) is 0 Å². The lowest BCUT2D eigenvalue weighted by Crippen LogP contribution is -2.17. The molecule has 0 aliphatic rings. The topological polar surface area (TPSA) is 68.5 Å². The molecule has 0 aliphatic heterocycles. The van der Waals surface area contributed by atoms with E-state index in [2.05, 4.69) is 0 Å². The summed E-state index contributed by atoms with van der Waals surface area (Å²) in [5.41, 5.74) is 2.41. The van der Waals surface area contributed by atoms with Crippen LogP contribution in [-0.4, -0.2) is 15.6 Å². The summed E-state index contributed by atoms with van der Waals surface area (Å²) < 4.78 is 7.01. The molecule has 2 rings (SSSR count). The Hall–Kier alpha value is -2.56. The van der Waals surface area contributed by atoms with Gasteiger partial charge >= 0.3 is 5.97 Å². The standard InChI is InChI=1S/C16H17NO4/c1-11-4-3-5-13(6-11)10-21-15-8-17(9-16(19)20)12(2)7-14(15)18/h3-8H,9-10H2,1-2H3,(H,19,20). The third kappa shape index (κ3) is 3.95. The van der Waals surface area contributed by atoms with Crippen LogP contribution in [0, 0.1) is 13.8 Å². The van der Waals surface area contributed by atoms with Gasteiger partial charge in [0, 0.05) is 11.8 Å². The van der Waals surface area contributed by atoms with Crippen molar-refractivity contribution >= 4 is 5.97 Å². The van der Waals surface area contributed by atoms with Gasteiger partial charge in [-0.1, -0.05) is 29.8 Å². The fourth-order valence-corrected chi connectivity index (χ4v) is 2.04. The smallest absolute Gasteiger partial charge is 0.323 e. The lowest BCUT2D eigenvalue weighted by Gasteiger charge is -2.11. The first-order chi connectivity index (χ1) is 9.95. The first kappa shape index (κ1) is 14.8. The van der Waals surface area contributed by atoms with Gasteiger partial charge in [0.25, 0.3) is 0 Å². The van der Waals surface area contributed by atoms with E-state index >= 15 is 0 Å². The van der Waals surface area contributed by atoms with Gasteiger partial charge in [-0.2, -0.15) is 0 Å². The third-order valence-electron chi connectivity index (χ3n) is 3.09. The minimum Gasteiger partial charge on any atom is -0.483 e. The molecule has 0 radical (unpaired) electrons. The highest BCUT2D eigenvalue weighted by Crippen LogP contribution is 2.10. The van der Waals surface area contributed by atoms with Gasteiger partial charge in [0.15, 0.2) is 5.75 Å². The van der Waals surface area contributed by atoms with E-state index in [9.17, 15) is 9.59 Å². The van der Waals surface area contributed by atoms with Crippen molar-refractivity contribution in [1.82, 2.24) is 4.57 Å². The molecule has 1 aromatic heterocycles. The molecule has 0 atom stereocenters. The molecular weight excluding hydrogens is 270 g/mol. The Morgan fingerprint density at radius 2 is 2.05 bits per heavy atom. The number of rotatable bonds is 5. The number of carboxylic acid groups (broad SMARTS) is 1. The molecule has 0 amide bonds. The highest BCUT2D eigenvalue weighted by atomic mass is 16.5. The van der Waals surface area contributed by atoms with Gasteiger partial charge in [0.1, 0.15) is 13.2 Å². The first-order valence-corrected chi connectivity index (χ1v) is 6.57. The van der Waals surface area contributed by atoms with Crippen LogP contribution in [-0.2, 0) is 17.9 Å². The average Bonchev–Trinajstić information content (AvgIpc) is 2.40. The predicted octanol–water partition coefficient (Wildman–Crippen LogP) is 2.13. The van der Waals surface area contributed by atoms with E-state index in [1.807, 2.05) is 31.2 Å². The number of aromatic nitrogens is 1. The fraction of sp³-hybridized carbons (Fsp3) is 0.250. The van der Waals surface area contributed by atoms with Crippen LogP contribution in [0.5, 0.6) is 5.75 Å². The number of carbonyl (C=O) groups is 1. The van der Waals surface area contributed by atoms with Crippen molar-refractivity contribution < 1.29 is 14.6 Å². The van der Waals surface area contributed by atoms with E-state index in [-0.39, 0.29) is 24.3 Å². The lowest BCUT2D eigenvalue weighted by atomic mass is 10.1. The number of carboxylic acids is 1. The maximum Gasteiger partial charge on any atom is 0.323 e. The number of aliphatic carboxylic acids is 1. The lowest BCUT2D eigenvalue weighted by molar-refractivity contribution is -0.137. The molecule has 1 aromatic carbocycles. The van der Waals surface area contributed by atoms with Crippen molar-refractivity contribution in [1.29, 1.82) is 0 Å². The summed E-state index contributed by atoms with van der Waals surface area (Å²) in [5, 5.41) is 8.85. The molecular formula is C16H17NO4. The van der Waals surface area contributed by atoms with E-state index in [0.29, 0.717) is 5.69 Å². The fourth-order valence-electron chi connectivity index (χ4n) is 2.04. The number of pyridine rings is 1. The molecule has 110 valence electrons. The Balaban J connectivity index is 2.19. The number of aryl methyl sites for hydroxylation is 2. The molecule has 0 unspecified atom stereocenters. The van der Waals surface area contributed by atoms with Crippen LogP contribution in [0.2, 0.25) is 0 Å². The molecule has 5 heteroatoms. The van der Waals surface area contributed by atoms with Crippen molar-refractivity contribution in [3.63, 3.8) is 0 Å². The molecule has 1 N–H and O–H groups in total. The number of hydrogen-bond acceptors (Lipinski definition) is 3. The Morgan fingerprint density at radius 1 is 1.29 bits per heavy atom. The zero-order chi connectivity index (χ0) is 15.4. The van der Waals surface area contributed by atoms with Gasteiger partial charge < -0.3 is 14.4 Å². The average molecular weight is 287 g/mol. The minimum absolute atomic E-state index is 0.156. The highest BCUT2D eigenvalue weighted by molar-refractivity contribution is 5.66. The van der Waals surface area contributed by atoms with E-state index in [0.717, 1.165) is 11.1 Å². The maximum atomic E-state index is 11.9. The summed E-state index contributed by atoms with van der Waals surface area (Å²) in [7, 11) is 0. The highest BCUT2D eigenvalue weighted by Gasteiger charge is 2.08. The zero-order valence-electron chi connectivity index (χ0n) is 12.0. The number of benzene rings is 1. The van der Waals surface area contributed by atoms with Crippen LogP contribution in [0.3, 0.4) is 0 Å². The summed E-state index contributed by atoms with van der Waals surface area (Å²) in [5.74, 6) is -0.810. The van der Waals surface area contributed by atoms with E-state index in [1.54, 1.807) is 6.92 Å². The van der Waals surface area contributed by atoms with Crippen molar-refractivity contribution in [2.75, 3.05) is 0 Å². The Labute approximate surface area is 122 Å².